The average molecular weight is 673 g/mol. The number of hydrogen-bond donors (Lipinski definition) is 4. The number of anilines is 2. The van der Waals surface area contributed by atoms with Crippen molar-refractivity contribution >= 4 is 46.4 Å². The second-order valence-electron chi connectivity index (χ2n) is 11.0. The third kappa shape index (κ3) is 6.87. The SMILES string of the molecule is CCCCc1nn(-c2cc(O)nc(-n3nc(CCCC)c(N=Nc4c(C(C)=O)cnn4C)c3N)n2)c(N)c1N=Nc1c(C(=O)O)cnn1C. The first-order chi connectivity index (χ1) is 23.4. The summed E-state index contributed by atoms with van der Waals surface area (Å²) in [6.45, 7) is 5.45. The van der Waals surface area contributed by atoms with E-state index in [0.717, 1.165) is 25.7 Å². The molecule has 49 heavy (non-hydrogen) atoms. The summed E-state index contributed by atoms with van der Waals surface area (Å²) in [4.78, 5) is 32.5. The number of ketones is 1. The molecule has 0 unspecified atom stereocenters. The van der Waals surface area contributed by atoms with Crippen molar-refractivity contribution in [2.24, 2.45) is 34.6 Å². The number of carbonyl (C=O) groups is 2. The van der Waals surface area contributed by atoms with Crippen LogP contribution in [0.25, 0.3) is 11.8 Å². The molecule has 0 atom stereocenters. The van der Waals surface area contributed by atoms with Gasteiger partial charge in [-0.25, -0.2) is 14.2 Å². The van der Waals surface area contributed by atoms with Gasteiger partial charge in [0.1, 0.15) is 5.56 Å². The summed E-state index contributed by atoms with van der Waals surface area (Å²) in [6.07, 6.45) is 6.80. The van der Waals surface area contributed by atoms with Gasteiger partial charge in [0.25, 0.3) is 5.95 Å². The molecule has 0 saturated carbocycles. The molecule has 0 fully saturated rings. The van der Waals surface area contributed by atoms with E-state index in [1.165, 1.54) is 44.1 Å². The minimum absolute atomic E-state index is 0.0185. The fraction of sp³-hybridized carbons (Fsp3) is 0.379. The molecule has 0 aliphatic heterocycles. The minimum Gasteiger partial charge on any atom is -0.493 e. The zero-order valence-electron chi connectivity index (χ0n) is 27.6. The van der Waals surface area contributed by atoms with Crippen LogP contribution in [0.1, 0.15) is 78.6 Å². The predicted octanol–water partition coefficient (Wildman–Crippen LogP) is 4.60. The van der Waals surface area contributed by atoms with E-state index in [9.17, 15) is 19.8 Å². The Bertz CT molecular complexity index is 1940. The highest BCUT2D eigenvalue weighted by molar-refractivity contribution is 5.98. The maximum absolute atomic E-state index is 12.1. The smallest absolute Gasteiger partial charge is 0.341 e. The summed E-state index contributed by atoms with van der Waals surface area (Å²) in [5.41, 5.74) is 14.7. The largest absolute Gasteiger partial charge is 0.493 e. The number of carbonyl (C=O) groups excluding carboxylic acids is 1. The fourth-order valence-corrected chi connectivity index (χ4v) is 4.82. The van der Waals surface area contributed by atoms with E-state index in [-0.39, 0.29) is 57.8 Å². The van der Waals surface area contributed by atoms with Crippen molar-refractivity contribution in [1.82, 2.24) is 49.1 Å². The minimum atomic E-state index is -1.21. The molecule has 5 rings (SSSR count). The third-order valence-corrected chi connectivity index (χ3v) is 7.47. The lowest BCUT2D eigenvalue weighted by atomic mass is 10.2. The number of aromatic carboxylic acids is 1. The lowest BCUT2D eigenvalue weighted by Gasteiger charge is -2.07. The van der Waals surface area contributed by atoms with Crippen LogP contribution in [0.3, 0.4) is 0 Å². The summed E-state index contributed by atoms with van der Waals surface area (Å²) in [5, 5.41) is 54.6. The second-order valence-corrected chi connectivity index (χ2v) is 11.0. The normalized spacial score (nSPS) is 11.8. The van der Waals surface area contributed by atoms with Gasteiger partial charge in [0, 0.05) is 20.2 Å². The highest BCUT2D eigenvalue weighted by Gasteiger charge is 2.23. The summed E-state index contributed by atoms with van der Waals surface area (Å²) in [7, 11) is 3.18. The van der Waals surface area contributed by atoms with Crippen molar-refractivity contribution in [3.8, 4) is 17.6 Å². The van der Waals surface area contributed by atoms with Crippen molar-refractivity contribution in [3.63, 3.8) is 0 Å². The van der Waals surface area contributed by atoms with Gasteiger partial charge in [-0.2, -0.15) is 39.7 Å². The van der Waals surface area contributed by atoms with Crippen LogP contribution in [-0.4, -0.2) is 71.1 Å². The lowest BCUT2D eigenvalue weighted by molar-refractivity contribution is 0.0697. The Hall–Kier alpha value is -6.34. The summed E-state index contributed by atoms with van der Waals surface area (Å²) < 4.78 is 5.21. The number of aryl methyl sites for hydroxylation is 4. The Morgan fingerprint density at radius 2 is 1.31 bits per heavy atom. The van der Waals surface area contributed by atoms with Gasteiger partial charge in [0.05, 0.1) is 29.3 Å². The van der Waals surface area contributed by atoms with E-state index in [0.29, 0.717) is 29.8 Å². The number of hydrogen-bond acceptors (Lipinski definition) is 15. The lowest BCUT2D eigenvalue weighted by Crippen LogP contribution is -2.11. The van der Waals surface area contributed by atoms with Crippen molar-refractivity contribution in [2.45, 2.75) is 59.3 Å². The molecule has 6 N–H and O–H groups in total. The first-order valence-electron chi connectivity index (χ1n) is 15.4. The molecule has 0 bridgehead atoms. The standard InChI is InChI=1S/C29H36N16O4/c1-6-8-10-18-22(36-39-27-17(28(48)49)14-33-43(27)5)24(30)44(40-18)20-12-21(47)35-29(34-20)45-25(31)23(19(41-45)11-9-7-2)37-38-26-16(15(3)46)13-32-42(26)4/h12-14H,6-11,30-31H2,1-5H3,(H,48,49)(H,34,35,47). The number of aromatic hydroxyl groups is 1. The van der Waals surface area contributed by atoms with Gasteiger partial charge >= 0.3 is 5.97 Å². The van der Waals surface area contributed by atoms with E-state index in [1.807, 2.05) is 13.8 Å². The molecule has 0 aliphatic carbocycles. The number of carboxylic acid groups (broad SMARTS) is 1. The molecule has 256 valence electrons. The van der Waals surface area contributed by atoms with Gasteiger partial charge in [-0.3, -0.25) is 4.79 Å². The van der Waals surface area contributed by atoms with Crippen LogP contribution in [0.4, 0.5) is 34.6 Å². The number of nitrogens with two attached hydrogens (primary N) is 2. The zero-order chi connectivity index (χ0) is 35.4. The fourth-order valence-electron chi connectivity index (χ4n) is 4.82. The predicted molar refractivity (Wildman–Crippen MR) is 176 cm³/mol. The Morgan fingerprint density at radius 1 is 0.796 bits per heavy atom. The molecule has 0 spiro atoms. The molecule has 0 aliphatic rings. The number of azo groups is 2. The van der Waals surface area contributed by atoms with Gasteiger partial charge in [-0.15, -0.1) is 20.5 Å². The van der Waals surface area contributed by atoms with Crippen LogP contribution in [0.15, 0.2) is 38.9 Å². The van der Waals surface area contributed by atoms with Crippen LogP contribution in [0, 0.1) is 0 Å². The Morgan fingerprint density at radius 3 is 1.84 bits per heavy atom. The molecular weight excluding hydrogens is 636 g/mol. The second kappa shape index (κ2) is 14.2. The summed E-state index contributed by atoms with van der Waals surface area (Å²) in [5.74, 6) is -1.56. The van der Waals surface area contributed by atoms with E-state index in [4.69, 9.17) is 11.5 Å². The number of nitrogens with zero attached hydrogens (tertiary/aromatic N) is 14. The van der Waals surface area contributed by atoms with E-state index >= 15 is 0 Å². The van der Waals surface area contributed by atoms with E-state index in [1.54, 1.807) is 14.1 Å². The average Bonchev–Trinajstić information content (AvgIpc) is 3.80. The van der Waals surface area contributed by atoms with Gasteiger partial charge in [0.15, 0.2) is 46.2 Å². The molecule has 5 heterocycles. The molecule has 0 radical (unpaired) electrons. The van der Waals surface area contributed by atoms with Crippen molar-refractivity contribution in [1.29, 1.82) is 0 Å². The maximum Gasteiger partial charge on any atom is 0.341 e. The Labute approximate surface area is 279 Å². The first kappa shape index (κ1) is 34.0. The maximum atomic E-state index is 12.1. The highest BCUT2D eigenvalue weighted by atomic mass is 16.4. The molecule has 20 heteroatoms. The monoisotopic (exact) mass is 672 g/mol. The Kier molecular flexibility index (Phi) is 9.85. The number of aromatic nitrogens is 10. The van der Waals surface area contributed by atoms with Crippen LogP contribution in [0.2, 0.25) is 0 Å². The Balaban J connectivity index is 1.59. The van der Waals surface area contributed by atoms with Gasteiger partial charge in [-0.05, 0) is 32.6 Å². The topological polar surface area (TPSA) is 273 Å². The summed E-state index contributed by atoms with van der Waals surface area (Å²) in [6, 6.07) is 1.25. The van der Waals surface area contributed by atoms with E-state index < -0.39 is 11.8 Å². The van der Waals surface area contributed by atoms with Gasteiger partial charge in [-0.1, -0.05) is 26.7 Å². The third-order valence-electron chi connectivity index (χ3n) is 7.47. The van der Waals surface area contributed by atoms with Crippen molar-refractivity contribution in [3.05, 3.63) is 41.0 Å². The molecule has 20 nitrogen and oxygen atoms in total. The quantitative estimate of drug-likeness (QED) is 0.0930. The molecule has 0 saturated heterocycles. The molecule has 0 aromatic carbocycles. The number of Topliss-reactive ketones (excluding diaryl/α,β-unsaturated/α-hetero) is 1. The number of carboxylic acids is 1. The molecule has 0 amide bonds. The zero-order valence-corrected chi connectivity index (χ0v) is 27.6. The van der Waals surface area contributed by atoms with Crippen LogP contribution in [0.5, 0.6) is 5.88 Å². The van der Waals surface area contributed by atoms with Crippen LogP contribution in [-0.2, 0) is 26.9 Å². The van der Waals surface area contributed by atoms with Gasteiger partial charge < -0.3 is 21.7 Å². The highest BCUT2D eigenvalue weighted by Crippen LogP contribution is 2.35. The summed E-state index contributed by atoms with van der Waals surface area (Å²) >= 11 is 0. The van der Waals surface area contributed by atoms with E-state index in [2.05, 4.69) is 50.8 Å². The first-order valence-corrected chi connectivity index (χ1v) is 15.4. The van der Waals surface area contributed by atoms with Crippen molar-refractivity contribution < 1.29 is 19.8 Å². The number of unbranched alkanes of at least 4 members (excludes halogenated alkanes) is 2. The molecule has 5 aromatic rings. The van der Waals surface area contributed by atoms with Crippen LogP contribution < -0.4 is 11.5 Å². The number of rotatable bonds is 14. The molecular formula is C29H36N16O4. The van der Waals surface area contributed by atoms with Crippen molar-refractivity contribution in [2.75, 3.05) is 11.5 Å². The number of nitrogen functional groups attached to an aromatic ring is 2. The molecule has 5 aromatic heterocycles. The van der Waals surface area contributed by atoms with Crippen LogP contribution >= 0.6 is 0 Å². The van der Waals surface area contributed by atoms with Gasteiger partial charge in [0.2, 0.25) is 5.88 Å².